The van der Waals surface area contributed by atoms with Gasteiger partial charge in [0.05, 0.1) is 5.69 Å². The third-order valence-electron chi connectivity index (χ3n) is 1.52. The van der Waals surface area contributed by atoms with Crippen LogP contribution in [0.1, 0.15) is 0 Å². The lowest BCUT2D eigenvalue weighted by atomic mass is 10.3. The lowest BCUT2D eigenvalue weighted by Crippen LogP contribution is -2.18. The smallest absolute Gasteiger partial charge is 0.404 e. The van der Waals surface area contributed by atoms with Gasteiger partial charge in [-0.3, -0.25) is 0 Å². The Morgan fingerprint density at radius 3 is 2.53 bits per heavy atom. The van der Waals surface area contributed by atoms with Crippen molar-refractivity contribution in [2.24, 2.45) is 0 Å². The molecule has 0 atom stereocenters. The van der Waals surface area contributed by atoms with Crippen molar-refractivity contribution in [3.63, 3.8) is 0 Å². The van der Waals surface area contributed by atoms with Crippen LogP contribution < -0.4 is 10.1 Å². The average molecular weight is 240 g/mol. The van der Waals surface area contributed by atoms with Crippen LogP contribution in [0.5, 0.6) is 5.75 Å². The maximum Gasteiger partial charge on any atom is 0.573 e. The van der Waals surface area contributed by atoms with Crippen LogP contribution in [0, 0.1) is 0 Å². The molecule has 1 N–H and O–H groups in total. The largest absolute Gasteiger partial charge is 0.573 e. The van der Waals surface area contributed by atoms with Crippen molar-refractivity contribution in [3.05, 3.63) is 24.3 Å². The Kier molecular flexibility index (Phi) is 4.08. The van der Waals surface area contributed by atoms with Crippen LogP contribution in [-0.2, 0) is 0 Å². The Balaban J connectivity index is 2.77. The van der Waals surface area contributed by atoms with Gasteiger partial charge < -0.3 is 10.1 Å². The van der Waals surface area contributed by atoms with E-state index in [2.05, 4.69) is 10.1 Å². The lowest BCUT2D eigenvalue weighted by Gasteiger charge is -2.13. The molecule has 15 heavy (non-hydrogen) atoms. The summed E-state index contributed by atoms with van der Waals surface area (Å²) in [6.45, 7) is 0.375. The van der Waals surface area contributed by atoms with Gasteiger partial charge >= 0.3 is 6.36 Å². The van der Waals surface area contributed by atoms with Crippen molar-refractivity contribution in [1.82, 2.24) is 0 Å². The van der Waals surface area contributed by atoms with Crippen molar-refractivity contribution in [3.8, 4) is 5.75 Å². The molecular weight excluding hydrogens is 231 g/mol. The van der Waals surface area contributed by atoms with Crippen molar-refractivity contribution in [2.45, 2.75) is 6.36 Å². The molecule has 0 unspecified atom stereocenters. The Morgan fingerprint density at radius 2 is 1.93 bits per heavy atom. The monoisotopic (exact) mass is 239 g/mol. The molecule has 0 amide bonds. The minimum absolute atomic E-state index is 0.255. The van der Waals surface area contributed by atoms with Gasteiger partial charge in [-0.2, -0.15) is 0 Å². The molecule has 0 saturated carbocycles. The van der Waals surface area contributed by atoms with Crippen molar-refractivity contribution >= 4 is 17.3 Å². The second-order valence-electron chi connectivity index (χ2n) is 2.66. The first-order valence-electron chi connectivity index (χ1n) is 4.17. The van der Waals surface area contributed by atoms with E-state index in [0.29, 0.717) is 12.4 Å². The second kappa shape index (κ2) is 5.11. The second-order valence-corrected chi connectivity index (χ2v) is 3.04. The van der Waals surface area contributed by atoms with E-state index in [1.54, 1.807) is 6.07 Å². The molecule has 0 aliphatic heterocycles. The molecule has 0 fully saturated rings. The fourth-order valence-corrected chi connectivity index (χ4v) is 1.10. The average Bonchev–Trinajstić information content (AvgIpc) is 2.14. The predicted molar refractivity (Wildman–Crippen MR) is 52.3 cm³/mol. The summed E-state index contributed by atoms with van der Waals surface area (Å²) in [6, 6.07) is 5.81. The van der Waals surface area contributed by atoms with Gasteiger partial charge in [0.25, 0.3) is 0 Å². The first-order valence-corrected chi connectivity index (χ1v) is 4.71. The van der Waals surface area contributed by atoms with Gasteiger partial charge in [-0.25, -0.2) is 0 Å². The van der Waals surface area contributed by atoms with E-state index in [9.17, 15) is 13.2 Å². The molecule has 0 bridgehead atoms. The Morgan fingerprint density at radius 1 is 1.27 bits per heavy atom. The molecule has 1 rings (SSSR count). The summed E-state index contributed by atoms with van der Waals surface area (Å²) >= 11 is 5.41. The normalized spacial score (nSPS) is 11.2. The number of ether oxygens (including phenoxy) is 1. The molecule has 0 heterocycles. The first-order chi connectivity index (χ1) is 7.03. The van der Waals surface area contributed by atoms with E-state index in [-0.39, 0.29) is 11.4 Å². The molecule has 0 radical (unpaired) electrons. The maximum atomic E-state index is 12.0. The van der Waals surface area contributed by atoms with Crippen LogP contribution in [0.2, 0.25) is 0 Å². The van der Waals surface area contributed by atoms with Gasteiger partial charge in [-0.15, -0.1) is 24.8 Å². The number of nitrogens with one attached hydrogen (secondary N) is 1. The van der Waals surface area contributed by atoms with Crippen molar-refractivity contribution in [2.75, 3.05) is 17.7 Å². The van der Waals surface area contributed by atoms with E-state index in [0.717, 1.165) is 0 Å². The quantitative estimate of drug-likeness (QED) is 0.815. The van der Waals surface area contributed by atoms with Crippen LogP contribution in [0.3, 0.4) is 0 Å². The van der Waals surface area contributed by atoms with Crippen LogP contribution in [0.15, 0.2) is 24.3 Å². The summed E-state index contributed by atoms with van der Waals surface area (Å²) in [5, 5.41) is 2.73. The van der Waals surface area contributed by atoms with Crippen molar-refractivity contribution in [1.29, 1.82) is 0 Å². The highest BCUT2D eigenvalue weighted by Gasteiger charge is 2.31. The molecule has 0 aliphatic rings. The van der Waals surface area contributed by atoms with Gasteiger partial charge in [-0.05, 0) is 12.1 Å². The van der Waals surface area contributed by atoms with Gasteiger partial charge in [0.15, 0.2) is 5.75 Å². The highest BCUT2D eigenvalue weighted by Crippen LogP contribution is 2.29. The number of hydrogen-bond donors (Lipinski definition) is 1. The number of rotatable bonds is 4. The van der Waals surface area contributed by atoms with Gasteiger partial charge in [0.1, 0.15) is 0 Å². The number of hydrogen-bond acceptors (Lipinski definition) is 2. The fraction of sp³-hybridized carbons (Fsp3) is 0.333. The van der Waals surface area contributed by atoms with Crippen molar-refractivity contribution < 1.29 is 17.9 Å². The van der Waals surface area contributed by atoms with Gasteiger partial charge in [-0.1, -0.05) is 12.1 Å². The summed E-state index contributed by atoms with van der Waals surface area (Å²) in [5.41, 5.74) is 0.274. The summed E-state index contributed by atoms with van der Waals surface area (Å²) < 4.78 is 39.7. The van der Waals surface area contributed by atoms with E-state index in [1.165, 1.54) is 18.2 Å². The molecule has 0 aliphatic carbocycles. The zero-order valence-electron chi connectivity index (χ0n) is 7.64. The van der Waals surface area contributed by atoms with E-state index < -0.39 is 6.36 Å². The maximum absolute atomic E-state index is 12.0. The summed E-state index contributed by atoms with van der Waals surface area (Å²) in [5.74, 6) is 0.0514. The third kappa shape index (κ3) is 4.29. The van der Waals surface area contributed by atoms with E-state index in [4.69, 9.17) is 11.6 Å². The van der Waals surface area contributed by atoms with Crippen LogP contribution in [0.4, 0.5) is 18.9 Å². The van der Waals surface area contributed by atoms with E-state index >= 15 is 0 Å². The molecule has 2 nitrogen and oxygen atoms in total. The molecule has 1 aromatic rings. The number of benzene rings is 1. The topological polar surface area (TPSA) is 21.3 Å². The highest BCUT2D eigenvalue weighted by atomic mass is 35.5. The first kappa shape index (κ1) is 12.0. The molecule has 6 heteroatoms. The highest BCUT2D eigenvalue weighted by molar-refractivity contribution is 6.18. The molecule has 84 valence electrons. The SMILES string of the molecule is FC(F)(F)Oc1ccccc1NCCCl. The minimum atomic E-state index is -4.68. The number of halogens is 4. The third-order valence-corrected chi connectivity index (χ3v) is 1.71. The molecular formula is C9H9ClF3NO. The number of para-hydroxylation sites is 2. The van der Waals surface area contributed by atoms with E-state index in [1.807, 2.05) is 0 Å². The summed E-state index contributed by atoms with van der Waals surface area (Å²) in [4.78, 5) is 0. The zero-order valence-corrected chi connectivity index (χ0v) is 8.40. The summed E-state index contributed by atoms with van der Waals surface area (Å²) in [6.07, 6.45) is -4.68. The van der Waals surface area contributed by atoms with Gasteiger partial charge in [0, 0.05) is 12.4 Å². The van der Waals surface area contributed by atoms with Crippen LogP contribution in [-0.4, -0.2) is 18.8 Å². The Bertz CT molecular complexity index is 316. The van der Waals surface area contributed by atoms with Crippen LogP contribution in [0.25, 0.3) is 0 Å². The standard InChI is InChI=1S/C9H9ClF3NO/c10-5-6-14-7-3-1-2-4-8(7)15-9(11,12)13/h1-4,14H,5-6H2. The number of anilines is 1. The molecule has 0 spiro atoms. The molecule has 0 saturated heterocycles. The molecule has 0 aromatic heterocycles. The molecule has 1 aromatic carbocycles. The van der Waals surface area contributed by atoms with Crippen LogP contribution >= 0.6 is 11.6 Å². The predicted octanol–water partition coefficient (Wildman–Crippen LogP) is 3.24. The van der Waals surface area contributed by atoms with Gasteiger partial charge in [0.2, 0.25) is 0 Å². The Hall–Kier alpha value is -1.10. The fourth-order valence-electron chi connectivity index (χ4n) is 1.01. The number of alkyl halides is 4. The Labute approximate surface area is 90.0 Å². The summed E-state index contributed by atoms with van der Waals surface area (Å²) in [7, 11) is 0. The lowest BCUT2D eigenvalue weighted by molar-refractivity contribution is -0.274. The minimum Gasteiger partial charge on any atom is -0.404 e. The zero-order chi connectivity index (χ0) is 11.3.